The molecule has 0 amide bonds. The lowest BCUT2D eigenvalue weighted by Crippen LogP contribution is -2.54. The van der Waals surface area contributed by atoms with Gasteiger partial charge in [0, 0.05) is 39.1 Å². The van der Waals surface area contributed by atoms with Crippen molar-refractivity contribution in [1.82, 2.24) is 9.80 Å². The van der Waals surface area contributed by atoms with Crippen LogP contribution in [0, 0.1) is 0 Å². The molecule has 0 N–H and O–H groups in total. The highest BCUT2D eigenvalue weighted by Gasteiger charge is 2.53. The van der Waals surface area contributed by atoms with Crippen LogP contribution < -0.4 is 0 Å². The highest BCUT2D eigenvalue weighted by Crippen LogP contribution is 2.43. The van der Waals surface area contributed by atoms with Gasteiger partial charge in [-0.05, 0) is 30.4 Å². The molecule has 0 aromatic heterocycles. The van der Waals surface area contributed by atoms with Crippen LogP contribution in [-0.4, -0.2) is 53.8 Å². The van der Waals surface area contributed by atoms with Gasteiger partial charge in [-0.2, -0.15) is 0 Å². The second-order valence-electron chi connectivity index (χ2n) is 7.68. The Kier molecular flexibility index (Phi) is 5.18. The van der Waals surface area contributed by atoms with E-state index < -0.39 is 0 Å². The summed E-state index contributed by atoms with van der Waals surface area (Å²) in [4.78, 5) is 17.9. The number of rotatable bonds is 7. The Balaban J connectivity index is 1.28. The normalized spacial score (nSPS) is 20.0. The Morgan fingerprint density at radius 2 is 1.38 bits per heavy atom. The fourth-order valence-corrected chi connectivity index (χ4v) is 4.17. The Labute approximate surface area is 156 Å². The third-order valence-electron chi connectivity index (χ3n) is 5.99. The predicted octanol–water partition coefficient (Wildman–Crippen LogP) is 3.19. The van der Waals surface area contributed by atoms with Gasteiger partial charge in [-0.15, -0.1) is 0 Å². The number of nitrogens with zero attached hydrogens (tertiary/aromatic N) is 2. The summed E-state index contributed by atoms with van der Waals surface area (Å²) >= 11 is 0. The lowest BCUT2D eigenvalue weighted by Gasteiger charge is -2.39. The number of hydrogen-bond donors (Lipinski definition) is 0. The van der Waals surface area contributed by atoms with E-state index in [0.717, 1.165) is 57.5 Å². The molecule has 2 aromatic carbocycles. The van der Waals surface area contributed by atoms with E-state index in [2.05, 4.69) is 52.3 Å². The minimum absolute atomic E-state index is 0.151. The fourth-order valence-electron chi connectivity index (χ4n) is 4.17. The SMILES string of the molecule is O=C(Cc1ccccc1)C1(N2CCN(CCc3ccccc3)CC2)CC1. The minimum Gasteiger partial charge on any atom is -0.300 e. The Hall–Kier alpha value is -1.97. The summed E-state index contributed by atoms with van der Waals surface area (Å²) in [6.45, 7) is 5.31. The maximum Gasteiger partial charge on any atom is 0.157 e. The molecule has 26 heavy (non-hydrogen) atoms. The molecule has 3 heteroatoms. The maximum atomic E-state index is 12.9. The zero-order valence-electron chi connectivity index (χ0n) is 15.4. The van der Waals surface area contributed by atoms with E-state index in [1.165, 1.54) is 5.56 Å². The Bertz CT molecular complexity index is 716. The largest absolute Gasteiger partial charge is 0.300 e. The zero-order valence-corrected chi connectivity index (χ0v) is 15.4. The average molecular weight is 348 g/mol. The summed E-state index contributed by atoms with van der Waals surface area (Å²) in [5.41, 5.74) is 2.40. The van der Waals surface area contributed by atoms with Gasteiger partial charge in [0.25, 0.3) is 0 Å². The van der Waals surface area contributed by atoms with Crippen LogP contribution in [0.2, 0.25) is 0 Å². The van der Waals surface area contributed by atoms with Crippen molar-refractivity contribution in [3.8, 4) is 0 Å². The molecule has 1 saturated carbocycles. The van der Waals surface area contributed by atoms with Crippen molar-refractivity contribution in [2.75, 3.05) is 32.7 Å². The summed E-state index contributed by atoms with van der Waals surface area (Å²) in [5, 5.41) is 0. The molecule has 2 aliphatic rings. The monoisotopic (exact) mass is 348 g/mol. The van der Waals surface area contributed by atoms with Gasteiger partial charge in [-0.1, -0.05) is 60.7 Å². The molecule has 1 heterocycles. The van der Waals surface area contributed by atoms with Gasteiger partial charge in [-0.3, -0.25) is 9.69 Å². The van der Waals surface area contributed by atoms with Crippen LogP contribution >= 0.6 is 0 Å². The molecular weight excluding hydrogens is 320 g/mol. The molecule has 4 rings (SSSR count). The maximum absolute atomic E-state index is 12.9. The van der Waals surface area contributed by atoms with Crippen molar-refractivity contribution in [1.29, 1.82) is 0 Å². The first-order chi connectivity index (χ1) is 12.8. The lowest BCUT2D eigenvalue weighted by atomic mass is 10.00. The summed E-state index contributed by atoms with van der Waals surface area (Å²) in [5.74, 6) is 0.418. The van der Waals surface area contributed by atoms with Crippen LogP contribution in [0.25, 0.3) is 0 Å². The third-order valence-corrected chi connectivity index (χ3v) is 5.99. The van der Waals surface area contributed by atoms with E-state index in [1.54, 1.807) is 0 Å². The molecule has 3 nitrogen and oxygen atoms in total. The van der Waals surface area contributed by atoms with Crippen LogP contribution in [0.1, 0.15) is 24.0 Å². The standard InChI is InChI=1S/C23H28N2O/c26-22(19-21-9-5-2-6-10-21)23(12-13-23)25-17-15-24(16-18-25)14-11-20-7-3-1-4-8-20/h1-10H,11-19H2. The number of carbonyl (C=O) groups excluding carboxylic acids is 1. The number of ketones is 1. The van der Waals surface area contributed by atoms with Crippen molar-refractivity contribution >= 4 is 5.78 Å². The van der Waals surface area contributed by atoms with E-state index in [-0.39, 0.29) is 5.54 Å². The molecule has 1 aliphatic carbocycles. The van der Waals surface area contributed by atoms with Crippen LogP contribution in [-0.2, 0) is 17.6 Å². The number of carbonyl (C=O) groups is 1. The number of hydrogen-bond acceptors (Lipinski definition) is 3. The van der Waals surface area contributed by atoms with Crippen LogP contribution in [0.4, 0.5) is 0 Å². The second-order valence-corrected chi connectivity index (χ2v) is 7.68. The smallest absolute Gasteiger partial charge is 0.157 e. The van der Waals surface area contributed by atoms with Crippen molar-refractivity contribution < 1.29 is 4.79 Å². The van der Waals surface area contributed by atoms with Crippen LogP contribution in [0.3, 0.4) is 0 Å². The number of piperazine rings is 1. The van der Waals surface area contributed by atoms with E-state index in [4.69, 9.17) is 0 Å². The molecule has 0 radical (unpaired) electrons. The molecule has 136 valence electrons. The highest BCUT2D eigenvalue weighted by atomic mass is 16.1. The average Bonchev–Trinajstić information content (AvgIpc) is 3.51. The van der Waals surface area contributed by atoms with Gasteiger partial charge in [0.15, 0.2) is 5.78 Å². The lowest BCUT2D eigenvalue weighted by molar-refractivity contribution is -0.126. The molecule has 1 saturated heterocycles. The minimum atomic E-state index is -0.151. The Morgan fingerprint density at radius 1 is 0.808 bits per heavy atom. The first kappa shape index (κ1) is 17.4. The van der Waals surface area contributed by atoms with E-state index in [9.17, 15) is 4.79 Å². The van der Waals surface area contributed by atoms with Crippen molar-refractivity contribution in [3.05, 3.63) is 71.8 Å². The van der Waals surface area contributed by atoms with Crippen molar-refractivity contribution in [2.45, 2.75) is 31.2 Å². The molecule has 0 atom stereocenters. The molecule has 1 aliphatic heterocycles. The second kappa shape index (κ2) is 7.73. The van der Waals surface area contributed by atoms with E-state index in [1.807, 2.05) is 18.2 Å². The summed E-state index contributed by atoms with van der Waals surface area (Å²) in [6.07, 6.45) is 3.78. The molecule has 0 unspecified atom stereocenters. The quantitative estimate of drug-likeness (QED) is 0.768. The van der Waals surface area contributed by atoms with Gasteiger partial charge in [-0.25, -0.2) is 0 Å². The fraction of sp³-hybridized carbons (Fsp3) is 0.435. The van der Waals surface area contributed by atoms with Crippen LogP contribution in [0.15, 0.2) is 60.7 Å². The molecular formula is C23H28N2O. The summed E-state index contributed by atoms with van der Waals surface area (Å²) < 4.78 is 0. The predicted molar refractivity (Wildman–Crippen MR) is 105 cm³/mol. The van der Waals surface area contributed by atoms with Crippen molar-refractivity contribution in [3.63, 3.8) is 0 Å². The van der Waals surface area contributed by atoms with Gasteiger partial charge >= 0.3 is 0 Å². The summed E-state index contributed by atoms with van der Waals surface area (Å²) in [6, 6.07) is 20.9. The topological polar surface area (TPSA) is 23.6 Å². The molecule has 0 spiro atoms. The van der Waals surface area contributed by atoms with Gasteiger partial charge in [0.1, 0.15) is 0 Å². The third kappa shape index (κ3) is 3.89. The number of benzene rings is 2. The molecule has 0 bridgehead atoms. The zero-order chi connectivity index (χ0) is 17.8. The van der Waals surface area contributed by atoms with Crippen LogP contribution in [0.5, 0.6) is 0 Å². The molecule has 2 fully saturated rings. The summed E-state index contributed by atoms with van der Waals surface area (Å²) in [7, 11) is 0. The van der Waals surface area contributed by atoms with E-state index >= 15 is 0 Å². The molecule has 2 aromatic rings. The first-order valence-electron chi connectivity index (χ1n) is 9.85. The number of Topliss-reactive ketones (excluding diaryl/α,β-unsaturated/α-hetero) is 1. The van der Waals surface area contributed by atoms with Gasteiger partial charge in [0.05, 0.1) is 5.54 Å². The van der Waals surface area contributed by atoms with E-state index in [0.29, 0.717) is 12.2 Å². The first-order valence-corrected chi connectivity index (χ1v) is 9.85. The van der Waals surface area contributed by atoms with Gasteiger partial charge < -0.3 is 4.90 Å². The highest BCUT2D eigenvalue weighted by molar-refractivity contribution is 5.93. The Morgan fingerprint density at radius 3 is 1.96 bits per heavy atom. The van der Waals surface area contributed by atoms with Gasteiger partial charge in [0.2, 0.25) is 0 Å². The van der Waals surface area contributed by atoms with Crippen molar-refractivity contribution in [2.24, 2.45) is 0 Å².